The topological polar surface area (TPSA) is 70.9 Å². The Bertz CT molecular complexity index is 533. The smallest absolute Gasteiger partial charge is 0.122 e. The SMILES string of the molecule is CN(CCCn1ccnc1)c1cccc(C(=N)N)c1. The van der Waals surface area contributed by atoms with Gasteiger partial charge in [0.1, 0.15) is 5.84 Å². The van der Waals surface area contributed by atoms with Gasteiger partial charge in [0.05, 0.1) is 6.33 Å². The van der Waals surface area contributed by atoms with Gasteiger partial charge in [-0.3, -0.25) is 5.41 Å². The molecule has 5 heteroatoms. The molecular formula is C14H19N5. The van der Waals surface area contributed by atoms with Crippen LogP contribution >= 0.6 is 0 Å². The van der Waals surface area contributed by atoms with Crippen LogP contribution in [0.5, 0.6) is 0 Å². The van der Waals surface area contributed by atoms with Gasteiger partial charge in [-0.2, -0.15) is 0 Å². The molecule has 0 saturated heterocycles. The molecule has 2 rings (SSSR count). The summed E-state index contributed by atoms with van der Waals surface area (Å²) in [5.41, 5.74) is 7.35. The van der Waals surface area contributed by atoms with E-state index in [0.29, 0.717) is 0 Å². The van der Waals surface area contributed by atoms with E-state index in [0.717, 1.165) is 30.8 Å². The zero-order valence-corrected chi connectivity index (χ0v) is 11.1. The second-order valence-corrected chi connectivity index (χ2v) is 4.54. The van der Waals surface area contributed by atoms with Gasteiger partial charge in [-0.25, -0.2) is 4.98 Å². The fourth-order valence-electron chi connectivity index (χ4n) is 1.95. The average Bonchev–Trinajstić information content (AvgIpc) is 2.92. The number of nitrogen functional groups attached to an aromatic ring is 1. The van der Waals surface area contributed by atoms with E-state index in [2.05, 4.69) is 14.5 Å². The summed E-state index contributed by atoms with van der Waals surface area (Å²) in [7, 11) is 2.05. The minimum absolute atomic E-state index is 0.105. The molecule has 1 heterocycles. The number of aromatic nitrogens is 2. The monoisotopic (exact) mass is 257 g/mol. The number of benzene rings is 1. The molecule has 5 nitrogen and oxygen atoms in total. The first kappa shape index (κ1) is 13.1. The zero-order chi connectivity index (χ0) is 13.7. The molecule has 0 spiro atoms. The van der Waals surface area contributed by atoms with Crippen molar-refractivity contribution in [2.45, 2.75) is 13.0 Å². The van der Waals surface area contributed by atoms with Crippen LogP contribution in [-0.4, -0.2) is 29.0 Å². The van der Waals surface area contributed by atoms with E-state index in [1.807, 2.05) is 43.8 Å². The Kier molecular flexibility index (Phi) is 4.18. The van der Waals surface area contributed by atoms with Crippen LogP contribution in [0.2, 0.25) is 0 Å². The van der Waals surface area contributed by atoms with Crippen LogP contribution in [0.1, 0.15) is 12.0 Å². The number of imidazole rings is 1. The number of anilines is 1. The molecule has 3 N–H and O–H groups in total. The molecule has 0 saturated carbocycles. The summed E-state index contributed by atoms with van der Waals surface area (Å²) >= 11 is 0. The molecule has 19 heavy (non-hydrogen) atoms. The highest BCUT2D eigenvalue weighted by atomic mass is 15.1. The number of rotatable bonds is 6. The highest BCUT2D eigenvalue weighted by Crippen LogP contribution is 2.14. The Morgan fingerprint density at radius 1 is 1.47 bits per heavy atom. The molecule has 1 aromatic carbocycles. The number of nitrogens with zero attached hydrogens (tertiary/aromatic N) is 3. The van der Waals surface area contributed by atoms with Crippen molar-refractivity contribution < 1.29 is 0 Å². The van der Waals surface area contributed by atoms with Gasteiger partial charge in [0.2, 0.25) is 0 Å². The van der Waals surface area contributed by atoms with Crippen molar-refractivity contribution in [1.29, 1.82) is 5.41 Å². The molecule has 0 amide bonds. The maximum absolute atomic E-state index is 7.45. The Balaban J connectivity index is 1.90. The van der Waals surface area contributed by atoms with E-state index in [-0.39, 0.29) is 5.84 Å². The normalized spacial score (nSPS) is 10.4. The molecule has 0 aliphatic rings. The van der Waals surface area contributed by atoms with Crippen LogP contribution < -0.4 is 10.6 Å². The van der Waals surface area contributed by atoms with E-state index in [9.17, 15) is 0 Å². The third-order valence-corrected chi connectivity index (χ3v) is 3.07. The van der Waals surface area contributed by atoms with Crippen molar-refractivity contribution in [3.63, 3.8) is 0 Å². The molecule has 0 radical (unpaired) electrons. The van der Waals surface area contributed by atoms with E-state index < -0.39 is 0 Å². The zero-order valence-electron chi connectivity index (χ0n) is 11.1. The fourth-order valence-corrected chi connectivity index (χ4v) is 1.95. The molecule has 0 atom stereocenters. The lowest BCUT2D eigenvalue weighted by Gasteiger charge is -2.20. The van der Waals surface area contributed by atoms with E-state index in [4.69, 9.17) is 11.1 Å². The fraction of sp³-hybridized carbons (Fsp3) is 0.286. The van der Waals surface area contributed by atoms with Crippen molar-refractivity contribution in [3.8, 4) is 0 Å². The van der Waals surface area contributed by atoms with Gasteiger partial charge < -0.3 is 15.2 Å². The number of hydrogen-bond acceptors (Lipinski definition) is 3. The molecule has 0 aliphatic carbocycles. The number of aryl methyl sites for hydroxylation is 1. The molecule has 0 aliphatic heterocycles. The van der Waals surface area contributed by atoms with Gasteiger partial charge in [-0.1, -0.05) is 12.1 Å². The maximum atomic E-state index is 7.45. The molecule has 2 aromatic rings. The summed E-state index contributed by atoms with van der Waals surface area (Å²) in [4.78, 5) is 6.19. The Morgan fingerprint density at radius 3 is 3.00 bits per heavy atom. The minimum Gasteiger partial charge on any atom is -0.384 e. The summed E-state index contributed by atoms with van der Waals surface area (Å²) < 4.78 is 2.07. The van der Waals surface area contributed by atoms with Gasteiger partial charge in [0.25, 0.3) is 0 Å². The first-order chi connectivity index (χ1) is 9.16. The van der Waals surface area contributed by atoms with Gasteiger partial charge in [-0.05, 0) is 18.6 Å². The van der Waals surface area contributed by atoms with Crippen LogP contribution in [0.15, 0.2) is 43.0 Å². The quantitative estimate of drug-likeness (QED) is 0.611. The lowest BCUT2D eigenvalue weighted by Crippen LogP contribution is -2.20. The minimum atomic E-state index is 0.105. The van der Waals surface area contributed by atoms with Crippen molar-refractivity contribution in [2.75, 3.05) is 18.5 Å². The van der Waals surface area contributed by atoms with Gasteiger partial charge in [-0.15, -0.1) is 0 Å². The van der Waals surface area contributed by atoms with E-state index in [1.165, 1.54) is 0 Å². The third-order valence-electron chi connectivity index (χ3n) is 3.07. The molecule has 0 bridgehead atoms. The highest BCUT2D eigenvalue weighted by molar-refractivity contribution is 5.95. The van der Waals surface area contributed by atoms with Crippen LogP contribution in [0, 0.1) is 5.41 Å². The molecule has 0 fully saturated rings. The van der Waals surface area contributed by atoms with Crippen LogP contribution in [0.25, 0.3) is 0 Å². The van der Waals surface area contributed by atoms with Gasteiger partial charge >= 0.3 is 0 Å². The highest BCUT2D eigenvalue weighted by Gasteiger charge is 2.03. The first-order valence-corrected chi connectivity index (χ1v) is 6.28. The number of nitrogens with two attached hydrogens (primary N) is 1. The van der Waals surface area contributed by atoms with Crippen molar-refractivity contribution in [1.82, 2.24) is 9.55 Å². The van der Waals surface area contributed by atoms with E-state index >= 15 is 0 Å². The maximum Gasteiger partial charge on any atom is 0.122 e. The molecule has 0 unspecified atom stereocenters. The third kappa shape index (κ3) is 3.58. The Labute approximate surface area is 113 Å². The lowest BCUT2D eigenvalue weighted by molar-refractivity contribution is 0.637. The van der Waals surface area contributed by atoms with E-state index in [1.54, 1.807) is 6.20 Å². The first-order valence-electron chi connectivity index (χ1n) is 6.28. The largest absolute Gasteiger partial charge is 0.384 e. The summed E-state index contributed by atoms with van der Waals surface area (Å²) in [5.74, 6) is 0.105. The lowest BCUT2D eigenvalue weighted by atomic mass is 10.1. The average molecular weight is 257 g/mol. The Hall–Kier alpha value is -2.30. The van der Waals surface area contributed by atoms with Crippen LogP contribution in [0.3, 0.4) is 0 Å². The number of amidine groups is 1. The summed E-state index contributed by atoms with van der Waals surface area (Å²) in [6.07, 6.45) is 6.63. The van der Waals surface area contributed by atoms with Crippen molar-refractivity contribution in [3.05, 3.63) is 48.5 Å². The predicted molar refractivity (Wildman–Crippen MR) is 77.6 cm³/mol. The second kappa shape index (κ2) is 6.04. The summed E-state index contributed by atoms with van der Waals surface area (Å²) in [6, 6.07) is 7.76. The van der Waals surface area contributed by atoms with Crippen LogP contribution in [-0.2, 0) is 6.54 Å². The number of nitrogens with one attached hydrogen (secondary N) is 1. The van der Waals surface area contributed by atoms with Gasteiger partial charge in [0, 0.05) is 43.8 Å². The molecule has 1 aromatic heterocycles. The molecule has 100 valence electrons. The van der Waals surface area contributed by atoms with Gasteiger partial charge in [0.15, 0.2) is 0 Å². The summed E-state index contributed by atoms with van der Waals surface area (Å²) in [6.45, 7) is 1.90. The van der Waals surface area contributed by atoms with Crippen molar-refractivity contribution >= 4 is 11.5 Å². The standard InChI is InChI=1S/C14H19N5/c1-18(7-3-8-19-9-6-17-11-19)13-5-2-4-12(10-13)14(15)16/h2,4-6,9-11H,3,7-8H2,1H3,(H3,15,16). The van der Waals surface area contributed by atoms with Crippen LogP contribution in [0.4, 0.5) is 5.69 Å². The van der Waals surface area contributed by atoms with Crippen molar-refractivity contribution in [2.24, 2.45) is 5.73 Å². The molecular weight excluding hydrogens is 238 g/mol. The number of hydrogen-bond donors (Lipinski definition) is 2. The second-order valence-electron chi connectivity index (χ2n) is 4.54. The predicted octanol–water partition coefficient (Wildman–Crippen LogP) is 1.69. The summed E-state index contributed by atoms with van der Waals surface area (Å²) in [5, 5.41) is 7.45. The Morgan fingerprint density at radius 2 is 2.32 bits per heavy atom.